The number of fused-ring (bicyclic) bond motifs is 3. The molecule has 0 spiro atoms. The summed E-state index contributed by atoms with van der Waals surface area (Å²) in [7, 11) is 0. The highest BCUT2D eigenvalue weighted by atomic mass is 35.5. The van der Waals surface area contributed by atoms with Gasteiger partial charge < -0.3 is 10.2 Å². The SMILES string of the molecule is Clc1cc2c(cc1Cl)N1CCSCC1CN2. The molecule has 0 bridgehead atoms. The fraction of sp³-hybridized carbons (Fsp3) is 0.455. The number of anilines is 2. The molecule has 2 aliphatic heterocycles. The van der Waals surface area contributed by atoms with E-state index in [-0.39, 0.29) is 0 Å². The van der Waals surface area contributed by atoms with E-state index in [1.807, 2.05) is 23.9 Å². The van der Waals surface area contributed by atoms with Crippen LogP contribution in [0.1, 0.15) is 0 Å². The highest BCUT2D eigenvalue weighted by Crippen LogP contribution is 2.39. The van der Waals surface area contributed by atoms with Crippen LogP contribution in [0.25, 0.3) is 0 Å². The molecule has 0 amide bonds. The third-order valence-corrected chi connectivity index (χ3v) is 4.92. The van der Waals surface area contributed by atoms with Gasteiger partial charge in [0.2, 0.25) is 0 Å². The molecule has 1 fully saturated rings. The summed E-state index contributed by atoms with van der Waals surface area (Å²) in [6.07, 6.45) is 0. The van der Waals surface area contributed by atoms with Crippen molar-refractivity contribution >= 4 is 46.3 Å². The Morgan fingerprint density at radius 3 is 3.00 bits per heavy atom. The first-order valence-electron chi connectivity index (χ1n) is 5.33. The van der Waals surface area contributed by atoms with Gasteiger partial charge in [-0.2, -0.15) is 11.8 Å². The fourth-order valence-corrected chi connectivity index (χ4v) is 3.67. The minimum Gasteiger partial charge on any atom is -0.381 e. The first-order valence-corrected chi connectivity index (χ1v) is 7.24. The molecule has 2 aliphatic rings. The van der Waals surface area contributed by atoms with E-state index in [9.17, 15) is 0 Å². The van der Waals surface area contributed by atoms with Crippen LogP contribution in [0.5, 0.6) is 0 Å². The fourth-order valence-electron chi connectivity index (χ4n) is 2.28. The van der Waals surface area contributed by atoms with E-state index in [4.69, 9.17) is 23.2 Å². The summed E-state index contributed by atoms with van der Waals surface area (Å²) in [5.41, 5.74) is 2.31. The maximum absolute atomic E-state index is 6.09. The third kappa shape index (κ3) is 1.75. The van der Waals surface area contributed by atoms with Crippen LogP contribution in [-0.2, 0) is 0 Å². The summed E-state index contributed by atoms with van der Waals surface area (Å²) in [4.78, 5) is 2.45. The van der Waals surface area contributed by atoms with Crippen LogP contribution in [0.3, 0.4) is 0 Å². The van der Waals surface area contributed by atoms with E-state index >= 15 is 0 Å². The number of nitrogens with one attached hydrogen (secondary N) is 1. The standard InChI is InChI=1S/C11H12Cl2N2S/c12-8-3-10-11(4-9(8)13)15-1-2-16-6-7(15)5-14-10/h3-4,7,14H,1-2,5-6H2. The maximum atomic E-state index is 6.09. The number of hydrogen-bond donors (Lipinski definition) is 1. The molecule has 0 saturated carbocycles. The molecule has 1 saturated heterocycles. The monoisotopic (exact) mass is 274 g/mol. The quantitative estimate of drug-likeness (QED) is 0.781. The first kappa shape index (κ1) is 10.9. The normalized spacial score (nSPS) is 23.4. The molecule has 0 radical (unpaired) electrons. The van der Waals surface area contributed by atoms with Crippen molar-refractivity contribution in [1.82, 2.24) is 0 Å². The lowest BCUT2D eigenvalue weighted by Gasteiger charge is -2.42. The Morgan fingerprint density at radius 1 is 1.31 bits per heavy atom. The lowest BCUT2D eigenvalue weighted by atomic mass is 10.1. The molecule has 86 valence electrons. The lowest BCUT2D eigenvalue weighted by Crippen LogP contribution is -2.49. The van der Waals surface area contributed by atoms with Gasteiger partial charge in [-0.3, -0.25) is 0 Å². The van der Waals surface area contributed by atoms with Crippen LogP contribution in [0.15, 0.2) is 12.1 Å². The smallest absolute Gasteiger partial charge is 0.0621 e. The van der Waals surface area contributed by atoms with Crippen molar-refractivity contribution in [2.45, 2.75) is 6.04 Å². The molecule has 3 rings (SSSR count). The average molecular weight is 275 g/mol. The molecular formula is C11H12Cl2N2S. The highest BCUT2D eigenvalue weighted by molar-refractivity contribution is 7.99. The zero-order valence-electron chi connectivity index (χ0n) is 8.67. The second kappa shape index (κ2) is 4.21. The second-order valence-corrected chi connectivity index (χ2v) is 6.05. The van der Waals surface area contributed by atoms with Gasteiger partial charge in [-0.05, 0) is 12.1 Å². The second-order valence-electron chi connectivity index (χ2n) is 4.09. The van der Waals surface area contributed by atoms with Gasteiger partial charge in [0.25, 0.3) is 0 Å². The Hall–Kier alpha value is -0.250. The van der Waals surface area contributed by atoms with Crippen molar-refractivity contribution in [1.29, 1.82) is 0 Å². The van der Waals surface area contributed by atoms with Crippen molar-refractivity contribution in [3.05, 3.63) is 22.2 Å². The number of nitrogens with zero attached hydrogens (tertiary/aromatic N) is 1. The van der Waals surface area contributed by atoms with E-state index in [1.165, 1.54) is 17.2 Å². The summed E-state index contributed by atoms with van der Waals surface area (Å²) in [5.74, 6) is 2.38. The predicted molar refractivity (Wildman–Crippen MR) is 73.4 cm³/mol. The van der Waals surface area contributed by atoms with Crippen LogP contribution in [0.2, 0.25) is 10.0 Å². The molecule has 1 N–H and O–H groups in total. The van der Waals surface area contributed by atoms with E-state index in [0.29, 0.717) is 16.1 Å². The number of thioether (sulfide) groups is 1. The summed E-state index contributed by atoms with van der Waals surface area (Å²) < 4.78 is 0. The zero-order valence-corrected chi connectivity index (χ0v) is 11.0. The molecular weight excluding hydrogens is 263 g/mol. The van der Waals surface area contributed by atoms with Crippen molar-refractivity contribution in [2.24, 2.45) is 0 Å². The molecule has 2 nitrogen and oxygen atoms in total. The van der Waals surface area contributed by atoms with Gasteiger partial charge in [-0.1, -0.05) is 23.2 Å². The first-order chi connectivity index (χ1) is 7.75. The molecule has 1 atom stereocenters. The highest BCUT2D eigenvalue weighted by Gasteiger charge is 2.29. The topological polar surface area (TPSA) is 15.3 Å². The number of hydrogen-bond acceptors (Lipinski definition) is 3. The van der Waals surface area contributed by atoms with Gasteiger partial charge in [0.05, 0.1) is 27.5 Å². The Bertz CT molecular complexity index is 425. The van der Waals surface area contributed by atoms with E-state index < -0.39 is 0 Å². The van der Waals surface area contributed by atoms with Gasteiger partial charge in [0, 0.05) is 24.6 Å². The molecule has 0 aromatic heterocycles. The van der Waals surface area contributed by atoms with Gasteiger partial charge >= 0.3 is 0 Å². The van der Waals surface area contributed by atoms with Gasteiger partial charge in [0.1, 0.15) is 0 Å². The van der Waals surface area contributed by atoms with Crippen molar-refractivity contribution in [3.63, 3.8) is 0 Å². The average Bonchev–Trinajstić information content (AvgIpc) is 2.31. The molecule has 5 heteroatoms. The number of benzene rings is 1. The van der Waals surface area contributed by atoms with Crippen molar-refractivity contribution in [2.75, 3.05) is 34.8 Å². The lowest BCUT2D eigenvalue weighted by molar-refractivity contribution is 0.656. The number of rotatable bonds is 0. The van der Waals surface area contributed by atoms with Crippen LogP contribution >= 0.6 is 35.0 Å². The molecule has 0 aliphatic carbocycles. The Kier molecular flexibility index (Phi) is 2.86. The molecule has 16 heavy (non-hydrogen) atoms. The van der Waals surface area contributed by atoms with Crippen LogP contribution < -0.4 is 10.2 Å². The Balaban J connectivity index is 2.04. The van der Waals surface area contributed by atoms with Crippen LogP contribution in [0, 0.1) is 0 Å². The van der Waals surface area contributed by atoms with Gasteiger partial charge in [-0.15, -0.1) is 0 Å². The molecule has 2 heterocycles. The van der Waals surface area contributed by atoms with Crippen molar-refractivity contribution < 1.29 is 0 Å². The van der Waals surface area contributed by atoms with E-state index in [1.54, 1.807) is 0 Å². The Labute approximate surface area is 109 Å². The largest absolute Gasteiger partial charge is 0.381 e. The number of halogens is 2. The van der Waals surface area contributed by atoms with Crippen LogP contribution in [-0.4, -0.2) is 30.6 Å². The van der Waals surface area contributed by atoms with Gasteiger partial charge in [-0.25, -0.2) is 0 Å². The van der Waals surface area contributed by atoms with E-state index in [0.717, 1.165) is 18.8 Å². The van der Waals surface area contributed by atoms with Gasteiger partial charge in [0.15, 0.2) is 0 Å². The van der Waals surface area contributed by atoms with E-state index in [2.05, 4.69) is 10.2 Å². The predicted octanol–water partition coefficient (Wildman–Crippen LogP) is 3.34. The maximum Gasteiger partial charge on any atom is 0.0621 e. The summed E-state index contributed by atoms with van der Waals surface area (Å²) in [5, 5.41) is 4.69. The minimum atomic E-state index is 0.587. The molecule has 1 unspecified atom stereocenters. The zero-order chi connectivity index (χ0) is 11.1. The Morgan fingerprint density at radius 2 is 2.12 bits per heavy atom. The molecule has 1 aromatic rings. The summed E-state index contributed by atoms with van der Waals surface area (Å²) >= 11 is 14.1. The minimum absolute atomic E-state index is 0.587. The third-order valence-electron chi connectivity index (χ3n) is 3.10. The van der Waals surface area contributed by atoms with Crippen molar-refractivity contribution in [3.8, 4) is 0 Å². The summed E-state index contributed by atoms with van der Waals surface area (Å²) in [6.45, 7) is 2.10. The van der Waals surface area contributed by atoms with Crippen LogP contribution in [0.4, 0.5) is 11.4 Å². The molecule has 1 aromatic carbocycles. The summed E-state index contributed by atoms with van der Waals surface area (Å²) in [6, 6.07) is 4.49.